The highest BCUT2D eigenvalue weighted by Gasteiger charge is 2.44. The molecule has 5 nitrogen and oxygen atoms in total. The summed E-state index contributed by atoms with van der Waals surface area (Å²) < 4.78 is 11.4. The van der Waals surface area contributed by atoms with Crippen LogP contribution in [0.2, 0.25) is 0 Å². The second-order valence-electron chi connectivity index (χ2n) is 7.67. The molecule has 2 rings (SSSR count). The van der Waals surface area contributed by atoms with Gasteiger partial charge in [-0.25, -0.2) is 0 Å². The van der Waals surface area contributed by atoms with Crippen LogP contribution < -0.4 is 5.73 Å². The summed E-state index contributed by atoms with van der Waals surface area (Å²) in [7, 11) is 1.74. The Morgan fingerprint density at radius 1 is 1.33 bits per heavy atom. The predicted molar refractivity (Wildman–Crippen MR) is 81.9 cm³/mol. The smallest absolute Gasteiger partial charge is 0.234 e. The summed E-state index contributed by atoms with van der Waals surface area (Å²) >= 11 is 0. The summed E-state index contributed by atoms with van der Waals surface area (Å²) in [6.45, 7) is 10.3. The molecular formula is C16H29N3O2. The van der Waals surface area contributed by atoms with Gasteiger partial charge in [0.05, 0.1) is 5.41 Å². The highest BCUT2D eigenvalue weighted by atomic mass is 16.5. The van der Waals surface area contributed by atoms with Crippen LogP contribution in [0, 0.1) is 5.92 Å². The highest BCUT2D eigenvalue weighted by Crippen LogP contribution is 2.42. The van der Waals surface area contributed by atoms with Crippen molar-refractivity contribution >= 4 is 0 Å². The quantitative estimate of drug-likeness (QED) is 0.923. The van der Waals surface area contributed by atoms with Crippen LogP contribution in [0.25, 0.3) is 0 Å². The fourth-order valence-corrected chi connectivity index (χ4v) is 2.92. The number of ether oxygens (including phenoxy) is 1. The topological polar surface area (TPSA) is 74.2 Å². The minimum atomic E-state index is -0.448. The first-order valence-corrected chi connectivity index (χ1v) is 7.81. The Bertz CT molecular complexity index is 490. The third kappa shape index (κ3) is 2.86. The van der Waals surface area contributed by atoms with E-state index in [-0.39, 0.29) is 0 Å². The first-order valence-electron chi connectivity index (χ1n) is 7.81. The minimum Gasteiger partial charge on any atom is -0.370 e. The molecule has 1 heterocycles. The van der Waals surface area contributed by atoms with Crippen molar-refractivity contribution in [2.24, 2.45) is 11.7 Å². The molecule has 1 aromatic heterocycles. The summed E-state index contributed by atoms with van der Waals surface area (Å²) in [6, 6.07) is 0. The molecule has 0 radical (unpaired) electrons. The van der Waals surface area contributed by atoms with E-state index >= 15 is 0 Å². The molecule has 0 amide bonds. The van der Waals surface area contributed by atoms with Crippen LogP contribution in [0.15, 0.2) is 4.52 Å². The van der Waals surface area contributed by atoms with Crippen molar-refractivity contribution in [1.29, 1.82) is 0 Å². The largest absolute Gasteiger partial charge is 0.370 e. The fraction of sp³-hybridized carbons (Fsp3) is 0.875. The zero-order chi connectivity index (χ0) is 15.9. The van der Waals surface area contributed by atoms with Gasteiger partial charge < -0.3 is 15.0 Å². The van der Waals surface area contributed by atoms with Gasteiger partial charge in [-0.05, 0) is 52.9 Å². The molecule has 1 aromatic rings. The number of hydrogen-bond donors (Lipinski definition) is 1. The molecule has 1 fully saturated rings. The van der Waals surface area contributed by atoms with Crippen molar-refractivity contribution in [3.8, 4) is 0 Å². The fourth-order valence-electron chi connectivity index (χ4n) is 2.92. The minimum absolute atomic E-state index is 0.395. The lowest BCUT2D eigenvalue weighted by Gasteiger charge is -2.36. The number of methoxy groups -OCH3 is 1. The Labute approximate surface area is 127 Å². The van der Waals surface area contributed by atoms with Gasteiger partial charge in [0.1, 0.15) is 5.60 Å². The first-order chi connectivity index (χ1) is 9.62. The van der Waals surface area contributed by atoms with Gasteiger partial charge in [-0.1, -0.05) is 18.5 Å². The highest BCUT2D eigenvalue weighted by molar-refractivity contribution is 5.13. The van der Waals surface area contributed by atoms with E-state index in [4.69, 9.17) is 15.0 Å². The molecule has 2 N–H and O–H groups in total. The van der Waals surface area contributed by atoms with E-state index in [0.29, 0.717) is 17.6 Å². The summed E-state index contributed by atoms with van der Waals surface area (Å²) in [5.74, 6) is 1.86. The van der Waals surface area contributed by atoms with Gasteiger partial charge in [-0.15, -0.1) is 0 Å². The van der Waals surface area contributed by atoms with Gasteiger partial charge in [0.15, 0.2) is 0 Å². The van der Waals surface area contributed by atoms with Crippen molar-refractivity contribution in [2.75, 3.05) is 7.11 Å². The van der Waals surface area contributed by atoms with E-state index in [2.05, 4.69) is 17.1 Å². The third-order valence-corrected chi connectivity index (χ3v) is 5.33. The molecule has 0 saturated heterocycles. The molecule has 0 aliphatic heterocycles. The molecule has 21 heavy (non-hydrogen) atoms. The number of nitrogens with two attached hydrogens (primary N) is 1. The maximum atomic E-state index is 6.26. The average Bonchev–Trinajstić information content (AvgIpc) is 2.87. The van der Waals surface area contributed by atoms with E-state index in [0.717, 1.165) is 19.3 Å². The van der Waals surface area contributed by atoms with Crippen molar-refractivity contribution in [3.05, 3.63) is 11.7 Å². The van der Waals surface area contributed by atoms with Crippen LogP contribution in [0.1, 0.15) is 72.0 Å². The maximum absolute atomic E-state index is 6.26. The third-order valence-electron chi connectivity index (χ3n) is 5.33. The van der Waals surface area contributed by atoms with Crippen molar-refractivity contribution in [3.63, 3.8) is 0 Å². The lowest BCUT2D eigenvalue weighted by Crippen LogP contribution is -2.50. The van der Waals surface area contributed by atoms with Crippen molar-refractivity contribution < 1.29 is 9.26 Å². The molecular weight excluding hydrogens is 266 g/mol. The normalized spacial score (nSPS) is 27.9. The van der Waals surface area contributed by atoms with Crippen LogP contribution in [-0.2, 0) is 15.8 Å². The number of nitrogens with zero attached hydrogens (tertiary/aromatic N) is 2. The SMILES string of the molecule is COC1(c2noc(C(C)(C)C(C)(C)N)n2)CCCC(C)C1. The van der Waals surface area contributed by atoms with Crippen LogP contribution in [-0.4, -0.2) is 22.8 Å². The molecule has 1 aliphatic carbocycles. The summed E-state index contributed by atoms with van der Waals surface area (Å²) in [4.78, 5) is 4.67. The zero-order valence-corrected chi connectivity index (χ0v) is 14.2. The predicted octanol–water partition coefficient (Wildman–Crippen LogP) is 3.14. The van der Waals surface area contributed by atoms with Gasteiger partial charge in [0.25, 0.3) is 0 Å². The lowest BCUT2D eigenvalue weighted by molar-refractivity contribution is -0.0658. The van der Waals surface area contributed by atoms with E-state index in [1.807, 2.05) is 27.7 Å². The monoisotopic (exact) mass is 295 g/mol. The summed E-state index contributed by atoms with van der Waals surface area (Å²) in [5, 5.41) is 4.23. The van der Waals surface area contributed by atoms with Crippen LogP contribution >= 0.6 is 0 Å². The first kappa shape index (κ1) is 16.4. The van der Waals surface area contributed by atoms with E-state index in [1.165, 1.54) is 6.42 Å². The summed E-state index contributed by atoms with van der Waals surface area (Å²) in [5.41, 5.74) is 5.01. The van der Waals surface area contributed by atoms with Crippen LogP contribution in [0.5, 0.6) is 0 Å². The molecule has 1 aliphatic rings. The Kier molecular flexibility index (Phi) is 4.19. The second kappa shape index (κ2) is 5.36. The molecule has 0 aromatic carbocycles. The second-order valence-corrected chi connectivity index (χ2v) is 7.67. The Balaban J connectivity index is 2.34. The number of hydrogen-bond acceptors (Lipinski definition) is 5. The van der Waals surface area contributed by atoms with E-state index < -0.39 is 16.6 Å². The van der Waals surface area contributed by atoms with E-state index in [9.17, 15) is 0 Å². The summed E-state index contributed by atoms with van der Waals surface area (Å²) in [6.07, 6.45) is 4.25. The van der Waals surface area contributed by atoms with Crippen LogP contribution in [0.4, 0.5) is 0 Å². The van der Waals surface area contributed by atoms with E-state index in [1.54, 1.807) is 7.11 Å². The van der Waals surface area contributed by atoms with Gasteiger partial charge in [0.2, 0.25) is 11.7 Å². The van der Waals surface area contributed by atoms with Crippen LogP contribution in [0.3, 0.4) is 0 Å². The lowest BCUT2D eigenvalue weighted by atomic mass is 9.75. The zero-order valence-electron chi connectivity index (χ0n) is 14.2. The molecule has 0 bridgehead atoms. The molecule has 1 saturated carbocycles. The van der Waals surface area contributed by atoms with Gasteiger partial charge in [-0.3, -0.25) is 0 Å². The van der Waals surface area contributed by atoms with Gasteiger partial charge in [-0.2, -0.15) is 4.98 Å². The maximum Gasteiger partial charge on any atom is 0.234 e. The van der Waals surface area contributed by atoms with Gasteiger partial charge >= 0.3 is 0 Å². The molecule has 5 heteroatoms. The Morgan fingerprint density at radius 2 is 2.00 bits per heavy atom. The van der Waals surface area contributed by atoms with Crippen molar-refractivity contribution in [1.82, 2.24) is 10.1 Å². The Morgan fingerprint density at radius 3 is 2.52 bits per heavy atom. The number of rotatable bonds is 4. The Hall–Kier alpha value is -0.940. The standard InChI is InChI=1S/C16H29N3O2/c1-11-8-7-9-16(10-11,20-6)12-18-13(21-19-12)14(2,3)15(4,5)17/h11H,7-10,17H2,1-6H3. The molecule has 2 atom stereocenters. The molecule has 120 valence electrons. The molecule has 0 spiro atoms. The molecule has 2 unspecified atom stereocenters. The van der Waals surface area contributed by atoms with Gasteiger partial charge in [0, 0.05) is 12.6 Å². The van der Waals surface area contributed by atoms with Crippen molar-refractivity contribution in [2.45, 2.75) is 76.9 Å². The average molecular weight is 295 g/mol. The number of aromatic nitrogens is 2.